The van der Waals surface area contributed by atoms with E-state index in [2.05, 4.69) is 4.74 Å². The SMILES string of the molecule is CCN(C(C)C)S(=O)(=O)c1cc(N)ccc1C(=O)OC. The van der Waals surface area contributed by atoms with Crippen LogP contribution in [0, 0.1) is 0 Å². The molecule has 6 nitrogen and oxygen atoms in total. The molecule has 0 bridgehead atoms. The van der Waals surface area contributed by atoms with Gasteiger partial charge in [0, 0.05) is 18.3 Å². The van der Waals surface area contributed by atoms with Gasteiger partial charge in [-0.3, -0.25) is 0 Å². The van der Waals surface area contributed by atoms with E-state index >= 15 is 0 Å². The highest BCUT2D eigenvalue weighted by molar-refractivity contribution is 7.89. The van der Waals surface area contributed by atoms with E-state index in [0.717, 1.165) is 0 Å². The lowest BCUT2D eigenvalue weighted by Gasteiger charge is -2.25. The summed E-state index contributed by atoms with van der Waals surface area (Å²) >= 11 is 0. The smallest absolute Gasteiger partial charge is 0.339 e. The van der Waals surface area contributed by atoms with E-state index in [1.807, 2.05) is 0 Å². The molecular formula is C13H20N2O4S. The fourth-order valence-electron chi connectivity index (χ4n) is 1.97. The lowest BCUT2D eigenvalue weighted by atomic mass is 10.2. The first kappa shape index (κ1) is 16.5. The van der Waals surface area contributed by atoms with E-state index in [1.165, 1.54) is 29.6 Å². The number of nitrogens with zero attached hydrogens (tertiary/aromatic N) is 1. The van der Waals surface area contributed by atoms with Crippen LogP contribution in [0.15, 0.2) is 23.1 Å². The largest absolute Gasteiger partial charge is 0.465 e. The second-order valence-electron chi connectivity index (χ2n) is 4.55. The summed E-state index contributed by atoms with van der Waals surface area (Å²) in [5, 5.41) is 0. The van der Waals surface area contributed by atoms with Crippen LogP contribution in [0.4, 0.5) is 5.69 Å². The maximum Gasteiger partial charge on any atom is 0.339 e. The van der Waals surface area contributed by atoms with Crippen LogP contribution in [-0.4, -0.2) is 38.4 Å². The number of sulfonamides is 1. The molecule has 0 amide bonds. The summed E-state index contributed by atoms with van der Waals surface area (Å²) in [6, 6.07) is 3.89. The van der Waals surface area contributed by atoms with E-state index in [1.54, 1.807) is 20.8 Å². The molecule has 1 rings (SSSR count). The van der Waals surface area contributed by atoms with E-state index < -0.39 is 16.0 Å². The molecule has 0 heterocycles. The van der Waals surface area contributed by atoms with E-state index in [0.29, 0.717) is 6.54 Å². The van der Waals surface area contributed by atoms with E-state index in [4.69, 9.17) is 5.73 Å². The summed E-state index contributed by atoms with van der Waals surface area (Å²) < 4.78 is 31.2. The second kappa shape index (κ2) is 6.23. The number of nitrogen functional groups attached to an aromatic ring is 1. The van der Waals surface area contributed by atoms with Crippen LogP contribution < -0.4 is 5.73 Å². The maximum absolute atomic E-state index is 12.7. The monoisotopic (exact) mass is 300 g/mol. The Hall–Kier alpha value is -1.60. The van der Waals surface area contributed by atoms with Crippen molar-refractivity contribution in [1.82, 2.24) is 4.31 Å². The molecule has 7 heteroatoms. The molecule has 20 heavy (non-hydrogen) atoms. The molecule has 0 atom stereocenters. The lowest BCUT2D eigenvalue weighted by Crippen LogP contribution is -2.37. The van der Waals surface area contributed by atoms with Crippen LogP contribution in [0.25, 0.3) is 0 Å². The number of carbonyl (C=O) groups is 1. The summed E-state index contributed by atoms with van der Waals surface area (Å²) in [5.74, 6) is -0.705. The van der Waals surface area contributed by atoms with Gasteiger partial charge in [-0.05, 0) is 32.0 Å². The third kappa shape index (κ3) is 3.10. The predicted octanol–water partition coefficient (Wildman–Crippen LogP) is 1.47. The number of benzene rings is 1. The molecule has 0 aliphatic rings. The first-order chi connectivity index (χ1) is 9.25. The highest BCUT2D eigenvalue weighted by Crippen LogP contribution is 2.25. The van der Waals surface area contributed by atoms with Crippen LogP contribution in [0.3, 0.4) is 0 Å². The summed E-state index contributed by atoms with van der Waals surface area (Å²) in [7, 11) is -2.60. The molecule has 0 unspecified atom stereocenters. The van der Waals surface area contributed by atoms with Gasteiger partial charge in [-0.1, -0.05) is 6.92 Å². The van der Waals surface area contributed by atoms with Crippen LogP contribution in [0.1, 0.15) is 31.1 Å². The van der Waals surface area contributed by atoms with Crippen molar-refractivity contribution in [2.24, 2.45) is 0 Å². The van der Waals surface area contributed by atoms with Gasteiger partial charge in [0.25, 0.3) is 0 Å². The van der Waals surface area contributed by atoms with Gasteiger partial charge in [-0.25, -0.2) is 13.2 Å². The molecule has 2 N–H and O–H groups in total. The average molecular weight is 300 g/mol. The number of hydrogen-bond donors (Lipinski definition) is 1. The van der Waals surface area contributed by atoms with Crippen molar-refractivity contribution < 1.29 is 17.9 Å². The van der Waals surface area contributed by atoms with Gasteiger partial charge in [0.2, 0.25) is 10.0 Å². The number of carbonyl (C=O) groups excluding carboxylic acids is 1. The minimum absolute atomic E-state index is 0.0131. The first-order valence-corrected chi connectivity index (χ1v) is 7.69. The number of rotatable bonds is 5. The molecule has 0 saturated heterocycles. The molecule has 1 aromatic carbocycles. The van der Waals surface area contributed by atoms with E-state index in [-0.39, 0.29) is 22.2 Å². The summed E-state index contributed by atoms with van der Waals surface area (Å²) in [5.41, 5.74) is 5.91. The highest BCUT2D eigenvalue weighted by atomic mass is 32.2. The van der Waals surface area contributed by atoms with Crippen LogP contribution in [-0.2, 0) is 14.8 Å². The Labute approximate surface area is 119 Å². The Morgan fingerprint density at radius 1 is 1.40 bits per heavy atom. The quantitative estimate of drug-likeness (QED) is 0.657. The van der Waals surface area contributed by atoms with Crippen molar-refractivity contribution in [2.75, 3.05) is 19.4 Å². The fraction of sp³-hybridized carbons (Fsp3) is 0.462. The number of anilines is 1. The third-order valence-corrected chi connectivity index (χ3v) is 5.08. The van der Waals surface area contributed by atoms with Gasteiger partial charge in [0.05, 0.1) is 17.6 Å². The minimum atomic E-state index is -3.81. The number of hydrogen-bond acceptors (Lipinski definition) is 5. The minimum Gasteiger partial charge on any atom is -0.465 e. The van der Waals surface area contributed by atoms with Crippen molar-refractivity contribution in [2.45, 2.75) is 31.7 Å². The molecule has 0 aromatic heterocycles. The summed E-state index contributed by atoms with van der Waals surface area (Å²) in [6.45, 7) is 5.58. The van der Waals surface area contributed by atoms with Crippen molar-refractivity contribution in [1.29, 1.82) is 0 Å². The normalized spacial score (nSPS) is 11.9. The molecule has 1 aromatic rings. The molecule has 0 aliphatic heterocycles. The third-order valence-electron chi connectivity index (χ3n) is 2.89. The van der Waals surface area contributed by atoms with Gasteiger partial charge in [-0.2, -0.15) is 4.31 Å². The molecule has 0 saturated carbocycles. The van der Waals surface area contributed by atoms with Gasteiger partial charge >= 0.3 is 5.97 Å². The Bertz CT molecular complexity index is 596. The Morgan fingerprint density at radius 2 is 2.00 bits per heavy atom. The zero-order chi connectivity index (χ0) is 15.5. The molecular weight excluding hydrogens is 280 g/mol. The number of esters is 1. The van der Waals surface area contributed by atoms with Gasteiger partial charge < -0.3 is 10.5 Å². The summed E-state index contributed by atoms with van der Waals surface area (Å²) in [6.07, 6.45) is 0. The van der Waals surface area contributed by atoms with Crippen LogP contribution in [0.5, 0.6) is 0 Å². The molecule has 0 fully saturated rings. The van der Waals surface area contributed by atoms with Crippen LogP contribution in [0.2, 0.25) is 0 Å². The topological polar surface area (TPSA) is 89.7 Å². The predicted molar refractivity (Wildman–Crippen MR) is 76.9 cm³/mol. The Morgan fingerprint density at radius 3 is 2.45 bits per heavy atom. The summed E-state index contributed by atoms with van der Waals surface area (Å²) in [4.78, 5) is 11.6. The number of ether oxygens (including phenoxy) is 1. The van der Waals surface area contributed by atoms with Gasteiger partial charge in [0.15, 0.2) is 0 Å². The lowest BCUT2D eigenvalue weighted by molar-refractivity contribution is 0.0596. The fourth-order valence-corrected chi connectivity index (χ4v) is 3.83. The first-order valence-electron chi connectivity index (χ1n) is 6.25. The second-order valence-corrected chi connectivity index (χ2v) is 6.41. The average Bonchev–Trinajstić information content (AvgIpc) is 2.37. The van der Waals surface area contributed by atoms with Crippen molar-refractivity contribution >= 4 is 21.7 Å². The Kier molecular flexibility index (Phi) is 5.13. The zero-order valence-corrected chi connectivity index (χ0v) is 12.9. The zero-order valence-electron chi connectivity index (χ0n) is 12.1. The molecule has 0 spiro atoms. The highest BCUT2D eigenvalue weighted by Gasteiger charge is 2.30. The van der Waals surface area contributed by atoms with Gasteiger partial charge in [-0.15, -0.1) is 0 Å². The number of nitrogens with two attached hydrogens (primary N) is 1. The van der Waals surface area contributed by atoms with Gasteiger partial charge in [0.1, 0.15) is 0 Å². The van der Waals surface area contributed by atoms with Crippen molar-refractivity contribution in [3.8, 4) is 0 Å². The molecule has 112 valence electrons. The maximum atomic E-state index is 12.7. The standard InChI is InChI=1S/C13H20N2O4S/c1-5-15(9(2)3)20(17,18)12-8-10(14)6-7-11(12)13(16)19-4/h6-9H,5,14H2,1-4H3. The Balaban J connectivity index is 3.51. The molecule has 0 radical (unpaired) electrons. The van der Waals surface area contributed by atoms with E-state index in [9.17, 15) is 13.2 Å². The molecule has 0 aliphatic carbocycles. The van der Waals surface area contributed by atoms with Crippen molar-refractivity contribution in [3.05, 3.63) is 23.8 Å². The van der Waals surface area contributed by atoms with Crippen molar-refractivity contribution in [3.63, 3.8) is 0 Å². The van der Waals surface area contributed by atoms with Crippen LogP contribution >= 0.6 is 0 Å². The number of methoxy groups -OCH3 is 1.